The van der Waals surface area contributed by atoms with Gasteiger partial charge in [0.2, 0.25) is 0 Å². The molecule has 134 valence electrons. The first-order chi connectivity index (χ1) is 12.1. The van der Waals surface area contributed by atoms with E-state index in [-0.39, 0.29) is 6.61 Å². The molecule has 3 rings (SSSR count). The van der Waals surface area contributed by atoms with Crippen LogP contribution in [0.25, 0.3) is 12.2 Å². The summed E-state index contributed by atoms with van der Waals surface area (Å²) in [5.74, 6) is 1.80. The molecule has 0 bridgehead atoms. The van der Waals surface area contributed by atoms with E-state index in [4.69, 9.17) is 9.26 Å². The SMILES string of the molecule is CC(C)c1cc(/C=C\c2ccccc2OCC(O)CNC2CC2)on1. The third-order valence-electron chi connectivity index (χ3n) is 4.14. The molecule has 1 aromatic carbocycles. The number of hydrogen-bond acceptors (Lipinski definition) is 5. The summed E-state index contributed by atoms with van der Waals surface area (Å²) in [5, 5.41) is 17.4. The molecule has 1 aliphatic rings. The molecule has 1 aliphatic carbocycles. The molecule has 1 fully saturated rings. The van der Waals surface area contributed by atoms with Gasteiger partial charge in [-0.15, -0.1) is 0 Å². The van der Waals surface area contributed by atoms with Gasteiger partial charge in [0.25, 0.3) is 0 Å². The number of hydrogen-bond donors (Lipinski definition) is 2. The number of nitrogens with zero attached hydrogens (tertiary/aromatic N) is 1. The highest BCUT2D eigenvalue weighted by Gasteiger charge is 2.21. The quantitative estimate of drug-likeness (QED) is 0.730. The third kappa shape index (κ3) is 5.44. The van der Waals surface area contributed by atoms with Gasteiger partial charge in [0.05, 0.1) is 5.69 Å². The van der Waals surface area contributed by atoms with Crippen molar-refractivity contribution in [3.8, 4) is 5.75 Å². The molecule has 0 radical (unpaired) electrons. The molecule has 5 nitrogen and oxygen atoms in total. The van der Waals surface area contributed by atoms with Crippen LogP contribution in [-0.2, 0) is 0 Å². The van der Waals surface area contributed by atoms with E-state index in [2.05, 4.69) is 24.3 Å². The fraction of sp³-hybridized carbons (Fsp3) is 0.450. The molecule has 1 unspecified atom stereocenters. The highest BCUT2D eigenvalue weighted by atomic mass is 16.5. The number of nitrogens with one attached hydrogen (secondary N) is 1. The van der Waals surface area contributed by atoms with Crippen molar-refractivity contribution in [1.29, 1.82) is 0 Å². The molecule has 1 saturated carbocycles. The predicted octanol–water partition coefficient (Wildman–Crippen LogP) is 3.46. The minimum absolute atomic E-state index is 0.268. The second kappa shape index (κ2) is 8.32. The van der Waals surface area contributed by atoms with E-state index in [0.717, 1.165) is 17.0 Å². The molecule has 1 aromatic heterocycles. The average Bonchev–Trinajstić information content (AvgIpc) is 3.32. The Morgan fingerprint density at radius 1 is 1.32 bits per heavy atom. The fourth-order valence-electron chi connectivity index (χ4n) is 2.41. The van der Waals surface area contributed by atoms with Crippen LogP contribution in [0.15, 0.2) is 34.9 Å². The molecule has 0 aliphatic heterocycles. The smallest absolute Gasteiger partial charge is 0.159 e. The summed E-state index contributed by atoms with van der Waals surface area (Å²) < 4.78 is 11.1. The van der Waals surface area contributed by atoms with Gasteiger partial charge < -0.3 is 19.7 Å². The van der Waals surface area contributed by atoms with Crippen molar-refractivity contribution < 1.29 is 14.4 Å². The van der Waals surface area contributed by atoms with Crippen LogP contribution in [0.4, 0.5) is 0 Å². The minimum atomic E-state index is -0.513. The van der Waals surface area contributed by atoms with Crippen LogP contribution in [0, 0.1) is 0 Å². The zero-order valence-corrected chi connectivity index (χ0v) is 14.8. The molecule has 2 N–H and O–H groups in total. The van der Waals surface area contributed by atoms with Gasteiger partial charge in [-0.2, -0.15) is 0 Å². The minimum Gasteiger partial charge on any atom is -0.490 e. The monoisotopic (exact) mass is 342 g/mol. The maximum Gasteiger partial charge on any atom is 0.159 e. The maximum atomic E-state index is 10.0. The van der Waals surface area contributed by atoms with Crippen LogP contribution in [0.3, 0.4) is 0 Å². The van der Waals surface area contributed by atoms with Gasteiger partial charge in [-0.25, -0.2) is 0 Å². The summed E-state index contributed by atoms with van der Waals surface area (Å²) in [5.41, 5.74) is 1.88. The van der Waals surface area contributed by atoms with E-state index in [1.807, 2.05) is 42.5 Å². The molecule has 5 heteroatoms. The number of aliphatic hydroxyl groups excluding tert-OH is 1. The standard InChI is InChI=1S/C20H26N2O3/c1-14(2)19-11-18(25-22-19)10-7-15-5-3-4-6-20(15)24-13-17(23)12-21-16-8-9-16/h3-7,10-11,14,16-17,21,23H,8-9,12-13H2,1-2H3/b10-7-. The highest BCUT2D eigenvalue weighted by Crippen LogP contribution is 2.22. The van der Waals surface area contributed by atoms with Gasteiger partial charge in [-0.3, -0.25) is 0 Å². The molecular formula is C20H26N2O3. The van der Waals surface area contributed by atoms with Gasteiger partial charge in [0, 0.05) is 24.2 Å². The fourth-order valence-corrected chi connectivity index (χ4v) is 2.41. The summed E-state index contributed by atoms with van der Waals surface area (Å²) in [7, 11) is 0. The van der Waals surface area contributed by atoms with Crippen LogP contribution in [0.5, 0.6) is 5.75 Å². The van der Waals surface area contributed by atoms with Gasteiger partial charge in [-0.1, -0.05) is 37.2 Å². The van der Waals surface area contributed by atoms with Crippen molar-refractivity contribution in [3.63, 3.8) is 0 Å². The first kappa shape index (κ1) is 17.7. The third-order valence-corrected chi connectivity index (χ3v) is 4.14. The molecule has 1 heterocycles. The first-order valence-electron chi connectivity index (χ1n) is 8.90. The Hall–Kier alpha value is -2.11. The van der Waals surface area contributed by atoms with Gasteiger partial charge in [0.1, 0.15) is 18.5 Å². The summed E-state index contributed by atoms with van der Waals surface area (Å²) in [6.07, 6.45) is 5.73. The van der Waals surface area contributed by atoms with E-state index in [0.29, 0.717) is 24.3 Å². The van der Waals surface area contributed by atoms with Crippen molar-refractivity contribution in [3.05, 3.63) is 47.3 Å². The van der Waals surface area contributed by atoms with Gasteiger partial charge >= 0.3 is 0 Å². The van der Waals surface area contributed by atoms with Crippen LogP contribution in [0.1, 0.15) is 49.6 Å². The van der Waals surface area contributed by atoms with E-state index < -0.39 is 6.10 Å². The van der Waals surface area contributed by atoms with E-state index >= 15 is 0 Å². The van der Waals surface area contributed by atoms with E-state index in [1.54, 1.807) is 0 Å². The van der Waals surface area contributed by atoms with Crippen LogP contribution < -0.4 is 10.1 Å². The Morgan fingerprint density at radius 2 is 2.12 bits per heavy atom. The largest absolute Gasteiger partial charge is 0.490 e. The molecule has 1 atom stereocenters. The Morgan fingerprint density at radius 3 is 2.84 bits per heavy atom. The van der Waals surface area contributed by atoms with E-state index in [1.165, 1.54) is 12.8 Å². The lowest BCUT2D eigenvalue weighted by atomic mass is 10.1. The van der Waals surface area contributed by atoms with Crippen molar-refractivity contribution in [2.45, 2.75) is 44.8 Å². The number of aliphatic hydroxyl groups is 1. The van der Waals surface area contributed by atoms with Gasteiger partial charge in [-0.05, 0) is 37.0 Å². The van der Waals surface area contributed by atoms with Crippen LogP contribution in [0.2, 0.25) is 0 Å². The number of benzene rings is 1. The lowest BCUT2D eigenvalue weighted by molar-refractivity contribution is 0.106. The predicted molar refractivity (Wildman–Crippen MR) is 98.5 cm³/mol. The zero-order chi connectivity index (χ0) is 17.6. The summed E-state index contributed by atoms with van der Waals surface area (Å²) in [6.45, 7) is 5.00. The highest BCUT2D eigenvalue weighted by molar-refractivity contribution is 5.70. The molecular weight excluding hydrogens is 316 g/mol. The lowest BCUT2D eigenvalue weighted by Gasteiger charge is -2.14. The van der Waals surface area contributed by atoms with Gasteiger partial charge in [0.15, 0.2) is 5.76 Å². The summed E-state index contributed by atoms with van der Waals surface area (Å²) >= 11 is 0. The Labute approximate surface area is 148 Å². The Kier molecular flexibility index (Phi) is 5.89. The normalized spacial score (nSPS) is 15.8. The van der Waals surface area contributed by atoms with Crippen molar-refractivity contribution in [2.24, 2.45) is 0 Å². The Balaban J connectivity index is 1.58. The maximum absolute atomic E-state index is 10.0. The van der Waals surface area contributed by atoms with E-state index in [9.17, 15) is 5.11 Å². The summed E-state index contributed by atoms with van der Waals surface area (Å²) in [6, 6.07) is 10.3. The molecule has 2 aromatic rings. The number of rotatable bonds is 9. The summed E-state index contributed by atoms with van der Waals surface area (Å²) in [4.78, 5) is 0. The molecule has 25 heavy (non-hydrogen) atoms. The lowest BCUT2D eigenvalue weighted by Crippen LogP contribution is -2.32. The van der Waals surface area contributed by atoms with Crippen molar-refractivity contribution in [2.75, 3.05) is 13.2 Å². The van der Waals surface area contributed by atoms with Crippen LogP contribution >= 0.6 is 0 Å². The number of ether oxygens (including phenoxy) is 1. The number of para-hydroxylation sites is 1. The molecule has 0 amide bonds. The van der Waals surface area contributed by atoms with Crippen molar-refractivity contribution >= 4 is 12.2 Å². The number of aromatic nitrogens is 1. The Bertz CT molecular complexity index is 704. The second-order valence-corrected chi connectivity index (χ2v) is 6.83. The zero-order valence-electron chi connectivity index (χ0n) is 14.8. The average molecular weight is 342 g/mol. The van der Waals surface area contributed by atoms with Crippen LogP contribution in [-0.4, -0.2) is 35.6 Å². The first-order valence-corrected chi connectivity index (χ1v) is 8.90. The molecule has 0 saturated heterocycles. The second-order valence-electron chi connectivity index (χ2n) is 6.83. The molecule has 0 spiro atoms. The van der Waals surface area contributed by atoms with Crippen molar-refractivity contribution in [1.82, 2.24) is 10.5 Å². The topological polar surface area (TPSA) is 67.5 Å².